The van der Waals surface area contributed by atoms with Gasteiger partial charge in [-0.05, 0) is 91.2 Å². The van der Waals surface area contributed by atoms with Crippen LogP contribution in [0.15, 0.2) is 52.6 Å². The van der Waals surface area contributed by atoms with Gasteiger partial charge in [-0.1, -0.05) is 76.8 Å². The van der Waals surface area contributed by atoms with Crippen LogP contribution in [-0.2, 0) is 4.79 Å². The first-order chi connectivity index (χ1) is 21.8. The molecular formula is C34H49Cl2N7O2. The Morgan fingerprint density at radius 3 is 2.27 bits per heavy atom. The van der Waals surface area contributed by atoms with Gasteiger partial charge in [0.05, 0.1) is 12.6 Å². The van der Waals surface area contributed by atoms with Crippen LogP contribution in [0, 0.1) is 16.7 Å². The minimum absolute atomic E-state index is 0. The van der Waals surface area contributed by atoms with E-state index in [1.165, 1.54) is 0 Å². The van der Waals surface area contributed by atoms with Gasteiger partial charge in [0.1, 0.15) is 17.2 Å². The fraction of sp³-hybridized carbons (Fsp3) is 0.529. The van der Waals surface area contributed by atoms with Gasteiger partial charge >= 0.3 is 0 Å². The van der Waals surface area contributed by atoms with Crippen LogP contribution < -0.4 is 23.0 Å². The van der Waals surface area contributed by atoms with Gasteiger partial charge in [-0.15, -0.1) is 0 Å². The van der Waals surface area contributed by atoms with Crippen molar-refractivity contribution in [3.05, 3.63) is 69.2 Å². The van der Waals surface area contributed by atoms with Crippen molar-refractivity contribution in [2.75, 3.05) is 6.54 Å². The van der Waals surface area contributed by atoms with Crippen molar-refractivity contribution in [2.45, 2.75) is 91.7 Å². The summed E-state index contributed by atoms with van der Waals surface area (Å²) >= 11 is 12.8. The van der Waals surface area contributed by atoms with Gasteiger partial charge < -0.3 is 27.9 Å². The van der Waals surface area contributed by atoms with E-state index in [4.69, 9.17) is 43.9 Å². The molecule has 0 bridgehead atoms. The highest BCUT2D eigenvalue weighted by molar-refractivity contribution is 6.47. The van der Waals surface area contributed by atoms with Crippen molar-refractivity contribution >= 4 is 46.6 Å². The Morgan fingerprint density at radius 1 is 1.13 bits per heavy atom. The highest BCUT2D eigenvalue weighted by Gasteiger charge is 2.52. The maximum Gasteiger partial charge on any atom is 0.275 e. The number of rotatable bonds is 8. The number of nitrogens with one attached hydrogen (secondary N) is 1. The quantitative estimate of drug-likeness (QED) is 0.101. The molecule has 0 saturated heterocycles. The third-order valence-corrected chi connectivity index (χ3v) is 9.20. The average Bonchev–Trinajstić information content (AvgIpc) is 3.25. The molecule has 1 atom stereocenters. The molecule has 2 aromatic rings. The maximum absolute atomic E-state index is 14.7. The fourth-order valence-corrected chi connectivity index (χ4v) is 6.79. The van der Waals surface area contributed by atoms with E-state index in [1.807, 2.05) is 30.9 Å². The molecule has 11 heteroatoms. The number of hydrogen-bond donors (Lipinski definition) is 4. The lowest BCUT2D eigenvalue weighted by Gasteiger charge is -2.47. The molecule has 246 valence electrons. The molecule has 0 radical (unpaired) electrons. The van der Waals surface area contributed by atoms with Crippen LogP contribution in [-0.4, -0.2) is 40.5 Å². The number of carbonyl (C=O) groups excluding carboxylic acids is 2. The van der Waals surface area contributed by atoms with E-state index < -0.39 is 17.9 Å². The molecule has 9 nitrogen and oxygen atoms in total. The van der Waals surface area contributed by atoms with E-state index >= 15 is 0 Å². The van der Waals surface area contributed by atoms with Crippen LogP contribution in [0.5, 0.6) is 0 Å². The summed E-state index contributed by atoms with van der Waals surface area (Å²) in [5, 5.41) is 6.87. The van der Waals surface area contributed by atoms with Crippen molar-refractivity contribution in [1.82, 2.24) is 16.4 Å². The number of aliphatic imine (C=N–C) groups is 1. The molecule has 1 aliphatic carbocycles. The van der Waals surface area contributed by atoms with Gasteiger partial charge in [-0.25, -0.2) is 0 Å². The SMILES string of the molecule is N.[2H]C([2H])([2H])C(C)(C)C1CCC2(CC1)N=C(c1cc(Cl)cc(Cl)c1)C(=O)N2[C@H](CCC(C)(C)C)c1ccc(C(=O)NC/C(N)=N/N)cc1. The smallest absolute Gasteiger partial charge is 0.275 e. The molecule has 1 heterocycles. The average molecular weight is 662 g/mol. The summed E-state index contributed by atoms with van der Waals surface area (Å²) in [7, 11) is 0. The number of halogens is 2. The molecule has 0 aromatic heterocycles. The Bertz CT molecular complexity index is 1520. The number of nitrogens with two attached hydrogens (primary N) is 2. The Kier molecular flexibility index (Phi) is 9.97. The molecule has 1 saturated carbocycles. The lowest BCUT2D eigenvalue weighted by Crippen LogP contribution is -2.51. The van der Waals surface area contributed by atoms with Crippen LogP contribution in [0.4, 0.5) is 0 Å². The molecule has 8 N–H and O–H groups in total. The molecule has 45 heavy (non-hydrogen) atoms. The molecule has 0 unspecified atom stereocenters. The van der Waals surface area contributed by atoms with E-state index in [-0.39, 0.29) is 47.7 Å². The molecule has 2 aromatic carbocycles. The number of benzene rings is 2. The maximum atomic E-state index is 14.7. The Labute approximate surface area is 282 Å². The second kappa shape index (κ2) is 14.1. The van der Waals surface area contributed by atoms with E-state index in [0.29, 0.717) is 59.0 Å². The molecule has 4 rings (SSSR count). The fourth-order valence-electron chi connectivity index (χ4n) is 6.27. The van der Waals surface area contributed by atoms with E-state index in [9.17, 15) is 9.59 Å². The first kappa shape index (κ1) is 31.8. The summed E-state index contributed by atoms with van der Waals surface area (Å²) in [5.41, 5.74) is 5.95. The monoisotopic (exact) mass is 660 g/mol. The summed E-state index contributed by atoms with van der Waals surface area (Å²) in [4.78, 5) is 34.5. The first-order valence-corrected chi connectivity index (χ1v) is 15.8. The number of hydrazone groups is 1. The highest BCUT2D eigenvalue weighted by Crippen LogP contribution is 2.50. The minimum atomic E-state index is -2.12. The van der Waals surface area contributed by atoms with Crippen molar-refractivity contribution in [1.29, 1.82) is 0 Å². The zero-order valence-electron chi connectivity index (χ0n) is 29.9. The highest BCUT2D eigenvalue weighted by atomic mass is 35.5. The standard InChI is InChI=1S/C34H46Cl2N6O2.H3N/c1-32(2,3)14-13-27(21-7-9-22(10-8-21)30(43)39-20-28(37)41-38)42-31(44)29(23-17-25(35)19-26(36)18-23)40-34(42)15-11-24(12-16-34)33(4,5)6;/h7-10,17-19,24,27H,11-16,20,38H2,1-6H3,(H2,37,41)(H,39,43);1H3/t24?,27-,34?;/m1./s1/i4D3;. The molecule has 1 fully saturated rings. The number of hydrogen-bond acceptors (Lipinski definition) is 6. The van der Waals surface area contributed by atoms with Gasteiger partial charge in [-0.2, -0.15) is 5.10 Å². The Balaban J connectivity index is 0.00000625. The van der Waals surface area contributed by atoms with Crippen LogP contribution in [0.25, 0.3) is 0 Å². The second-order valence-electron chi connectivity index (χ2n) is 13.8. The predicted molar refractivity (Wildman–Crippen MR) is 185 cm³/mol. The summed E-state index contributed by atoms with van der Waals surface area (Å²) in [6, 6.07) is 11.8. The second-order valence-corrected chi connectivity index (χ2v) is 14.7. The third kappa shape index (κ3) is 8.57. The lowest BCUT2D eigenvalue weighted by atomic mass is 9.69. The lowest BCUT2D eigenvalue weighted by molar-refractivity contribution is -0.134. The Hall–Kier alpha value is -3.14. The van der Waals surface area contributed by atoms with Crippen LogP contribution in [0.3, 0.4) is 0 Å². The van der Waals surface area contributed by atoms with Gasteiger partial charge in [0.25, 0.3) is 11.8 Å². The molecule has 1 aliphatic heterocycles. The van der Waals surface area contributed by atoms with Gasteiger partial charge in [0, 0.05) is 25.3 Å². The van der Waals surface area contributed by atoms with Crippen molar-refractivity contribution in [2.24, 2.45) is 38.4 Å². The molecular weight excluding hydrogens is 609 g/mol. The van der Waals surface area contributed by atoms with Crippen molar-refractivity contribution in [3.8, 4) is 0 Å². The first-order valence-electron chi connectivity index (χ1n) is 16.6. The Morgan fingerprint density at radius 2 is 1.73 bits per heavy atom. The van der Waals surface area contributed by atoms with Crippen LogP contribution in [0.2, 0.25) is 10.0 Å². The van der Waals surface area contributed by atoms with E-state index in [1.54, 1.807) is 30.3 Å². The molecule has 2 amide bonds. The van der Waals surface area contributed by atoms with Crippen LogP contribution in [0.1, 0.15) is 112 Å². The van der Waals surface area contributed by atoms with Crippen LogP contribution >= 0.6 is 23.2 Å². The van der Waals surface area contributed by atoms with E-state index in [2.05, 4.69) is 31.2 Å². The van der Waals surface area contributed by atoms with Gasteiger partial charge in [0.2, 0.25) is 0 Å². The number of amidine groups is 1. The zero-order valence-corrected chi connectivity index (χ0v) is 28.4. The number of carbonyl (C=O) groups is 2. The summed E-state index contributed by atoms with van der Waals surface area (Å²) < 4.78 is 24.6. The van der Waals surface area contributed by atoms with Crippen molar-refractivity contribution < 1.29 is 13.7 Å². The molecule has 1 spiro atoms. The molecule has 2 aliphatic rings. The summed E-state index contributed by atoms with van der Waals surface area (Å²) in [5.74, 6) is 4.65. The largest absolute Gasteiger partial charge is 0.384 e. The predicted octanol–water partition coefficient (Wildman–Crippen LogP) is 7.25. The third-order valence-electron chi connectivity index (χ3n) is 8.77. The number of nitrogens with zero attached hydrogens (tertiary/aromatic N) is 3. The topological polar surface area (TPSA) is 161 Å². The van der Waals surface area contributed by atoms with E-state index in [0.717, 1.165) is 12.0 Å². The van der Waals surface area contributed by atoms with Gasteiger partial charge in [0.15, 0.2) is 0 Å². The van der Waals surface area contributed by atoms with Gasteiger partial charge in [-0.3, -0.25) is 14.6 Å². The number of amides is 2. The minimum Gasteiger partial charge on any atom is -0.384 e. The van der Waals surface area contributed by atoms with Crippen molar-refractivity contribution in [3.63, 3.8) is 0 Å². The zero-order chi connectivity index (χ0) is 34.9. The summed E-state index contributed by atoms with van der Waals surface area (Å²) in [6.07, 6.45) is 3.68. The normalized spacial score (nSPS) is 22.6. The summed E-state index contributed by atoms with van der Waals surface area (Å²) in [6.45, 7) is 8.00.